The Kier molecular flexibility index (Phi) is 4.50. The Labute approximate surface area is 185 Å². The summed E-state index contributed by atoms with van der Waals surface area (Å²) in [5.41, 5.74) is 6.59. The first-order chi connectivity index (χ1) is 15.6. The third-order valence-electron chi connectivity index (χ3n) is 7.25. The van der Waals surface area contributed by atoms with Crippen LogP contribution < -0.4 is 15.8 Å². The number of aryl methyl sites for hydroxylation is 1. The molecule has 0 radical (unpaired) electrons. The van der Waals surface area contributed by atoms with E-state index in [1.54, 1.807) is 19.3 Å². The van der Waals surface area contributed by atoms with E-state index in [0.29, 0.717) is 17.8 Å². The molecule has 2 atom stereocenters. The first kappa shape index (κ1) is 19.4. The van der Waals surface area contributed by atoms with Crippen molar-refractivity contribution < 1.29 is 4.79 Å². The zero-order chi connectivity index (χ0) is 21.8. The molecule has 0 aromatic carbocycles. The molecule has 2 bridgehead atoms. The van der Waals surface area contributed by atoms with Crippen LogP contribution in [0, 0.1) is 0 Å². The Bertz CT molecular complexity index is 1260. The molecule has 4 aliphatic rings. The van der Waals surface area contributed by atoms with Crippen molar-refractivity contribution in [3.8, 4) is 0 Å². The molecule has 3 aromatic heterocycles. The first-order valence-electron chi connectivity index (χ1n) is 11.3. The molecule has 1 amide bonds. The maximum atomic E-state index is 12.4. The average molecular weight is 431 g/mol. The molecule has 7 rings (SSSR count). The Morgan fingerprint density at radius 3 is 2.72 bits per heavy atom. The lowest BCUT2D eigenvalue weighted by Gasteiger charge is -2.57. The van der Waals surface area contributed by atoms with E-state index >= 15 is 0 Å². The number of aromatic nitrogens is 3. The highest BCUT2D eigenvalue weighted by Gasteiger charge is 2.44. The van der Waals surface area contributed by atoms with Crippen LogP contribution >= 0.6 is 0 Å². The maximum absolute atomic E-state index is 12.4. The second-order valence-corrected chi connectivity index (χ2v) is 9.11. The highest BCUT2D eigenvalue weighted by molar-refractivity contribution is 5.92. The van der Waals surface area contributed by atoms with Gasteiger partial charge in [-0.25, -0.2) is 4.98 Å². The summed E-state index contributed by atoms with van der Waals surface area (Å²) in [4.78, 5) is 41.1. The van der Waals surface area contributed by atoms with E-state index in [1.165, 1.54) is 6.42 Å². The molecule has 0 saturated carbocycles. The first-order valence-corrected chi connectivity index (χ1v) is 11.3. The number of nitrogens with zero attached hydrogens (tertiary/aromatic N) is 4. The number of pyridine rings is 3. The number of hydrogen-bond acceptors (Lipinski definition) is 6. The number of piperidine rings is 1. The summed E-state index contributed by atoms with van der Waals surface area (Å²) in [7, 11) is 1.61. The lowest BCUT2D eigenvalue weighted by Crippen LogP contribution is -2.68. The summed E-state index contributed by atoms with van der Waals surface area (Å²) in [6.45, 7) is 2.74. The molecular formula is C24H26N6O2. The van der Waals surface area contributed by atoms with Crippen LogP contribution in [0.5, 0.6) is 0 Å². The van der Waals surface area contributed by atoms with Crippen LogP contribution in [-0.4, -0.2) is 58.0 Å². The van der Waals surface area contributed by atoms with Crippen molar-refractivity contribution >= 4 is 22.6 Å². The predicted molar refractivity (Wildman–Crippen MR) is 122 cm³/mol. The number of nitrogens with one attached hydrogen (secondary N) is 2. The lowest BCUT2D eigenvalue weighted by molar-refractivity contribution is -0.00849. The van der Waals surface area contributed by atoms with Gasteiger partial charge in [0.15, 0.2) is 0 Å². The van der Waals surface area contributed by atoms with E-state index < -0.39 is 0 Å². The fourth-order valence-electron chi connectivity index (χ4n) is 5.59. The number of amides is 1. The van der Waals surface area contributed by atoms with Crippen molar-refractivity contribution in [1.29, 1.82) is 0 Å². The van der Waals surface area contributed by atoms with Crippen molar-refractivity contribution in [3.63, 3.8) is 0 Å². The van der Waals surface area contributed by atoms with Gasteiger partial charge in [0, 0.05) is 50.5 Å². The van der Waals surface area contributed by atoms with Gasteiger partial charge in [0.05, 0.1) is 22.9 Å². The van der Waals surface area contributed by atoms with Crippen molar-refractivity contribution in [2.45, 2.75) is 44.3 Å². The smallest absolute Gasteiger partial charge is 0.269 e. The summed E-state index contributed by atoms with van der Waals surface area (Å²) in [6.07, 6.45) is 7.83. The summed E-state index contributed by atoms with van der Waals surface area (Å²) >= 11 is 0. The van der Waals surface area contributed by atoms with Crippen molar-refractivity contribution in [3.05, 3.63) is 63.3 Å². The number of rotatable bonds is 4. The highest BCUT2D eigenvalue weighted by atomic mass is 16.1. The van der Waals surface area contributed by atoms with Gasteiger partial charge in [0.2, 0.25) is 0 Å². The zero-order valence-electron chi connectivity index (χ0n) is 18.1. The second kappa shape index (κ2) is 7.41. The molecule has 0 spiro atoms. The van der Waals surface area contributed by atoms with E-state index in [4.69, 9.17) is 4.98 Å². The van der Waals surface area contributed by atoms with Crippen LogP contribution in [0.3, 0.4) is 0 Å². The molecule has 3 aromatic rings. The highest BCUT2D eigenvalue weighted by Crippen LogP contribution is 2.36. The van der Waals surface area contributed by atoms with Crippen molar-refractivity contribution in [2.75, 3.05) is 25.0 Å². The van der Waals surface area contributed by atoms with Gasteiger partial charge in [-0.15, -0.1) is 0 Å². The van der Waals surface area contributed by atoms with Gasteiger partial charge < -0.3 is 15.2 Å². The molecule has 8 nitrogen and oxygen atoms in total. The van der Waals surface area contributed by atoms with Gasteiger partial charge in [-0.1, -0.05) is 0 Å². The number of carbonyl (C=O) groups excluding carboxylic acids is 1. The van der Waals surface area contributed by atoms with E-state index in [9.17, 15) is 9.59 Å². The van der Waals surface area contributed by atoms with Gasteiger partial charge >= 0.3 is 0 Å². The Balaban J connectivity index is 1.17. The van der Waals surface area contributed by atoms with E-state index in [1.807, 2.05) is 12.3 Å². The molecule has 6 heterocycles. The molecule has 8 heteroatoms. The molecule has 3 saturated heterocycles. The van der Waals surface area contributed by atoms with Crippen LogP contribution in [-0.2, 0) is 19.4 Å². The fourth-order valence-corrected chi connectivity index (χ4v) is 5.59. The topological polar surface area (TPSA) is 94.2 Å². The Morgan fingerprint density at radius 1 is 1.16 bits per heavy atom. The normalized spacial score (nSPS) is 22.0. The molecule has 2 N–H and O–H groups in total. The number of anilines is 1. The van der Waals surface area contributed by atoms with Gasteiger partial charge in [-0.2, -0.15) is 0 Å². The fraction of sp³-hybridized carbons (Fsp3) is 0.417. The lowest BCUT2D eigenvalue weighted by atomic mass is 9.86. The monoisotopic (exact) mass is 430 g/mol. The minimum Gasteiger partial charge on any atom is -0.367 e. The Morgan fingerprint density at radius 2 is 1.97 bits per heavy atom. The standard InChI is InChI=1S/C24H26N6O2/c1-25-24(32)20-6-5-15(10-26-20)29-12-16-8-17(13-29)30(16)11-14-7-21-22(27-9-14)18-3-2-4-19(18)23(31)28-21/h5-7,9-10,16-17H,2-4,8,11-13H2,1H3,(H,25,32)(H,28,31). The SMILES string of the molecule is CNC(=O)c1ccc(N2CC3CC(C2)N3Cc2cnc3c4c(c(=O)[nH]c3c2)CCC4)cn1. The molecule has 164 valence electrons. The summed E-state index contributed by atoms with van der Waals surface area (Å²) in [5, 5.41) is 2.60. The van der Waals surface area contributed by atoms with Crippen LogP contribution in [0.4, 0.5) is 5.69 Å². The van der Waals surface area contributed by atoms with E-state index in [2.05, 4.69) is 31.2 Å². The minimum atomic E-state index is -0.167. The Hall–Kier alpha value is -3.26. The average Bonchev–Trinajstić information content (AvgIpc) is 3.33. The van der Waals surface area contributed by atoms with Crippen LogP contribution in [0.1, 0.15) is 40.0 Å². The third-order valence-corrected chi connectivity index (χ3v) is 7.25. The number of aromatic amines is 1. The molecule has 32 heavy (non-hydrogen) atoms. The number of H-pyrrole nitrogens is 1. The third kappa shape index (κ3) is 3.09. The number of piperazine rings is 1. The van der Waals surface area contributed by atoms with Gasteiger partial charge in [0.1, 0.15) is 5.69 Å². The minimum absolute atomic E-state index is 0.0523. The van der Waals surface area contributed by atoms with Crippen LogP contribution in [0.25, 0.3) is 11.0 Å². The second-order valence-electron chi connectivity index (χ2n) is 9.11. The van der Waals surface area contributed by atoms with Gasteiger partial charge in [0.25, 0.3) is 11.5 Å². The molecular weight excluding hydrogens is 404 g/mol. The quantitative estimate of drug-likeness (QED) is 0.654. The molecule has 1 aliphatic carbocycles. The van der Waals surface area contributed by atoms with E-state index in [-0.39, 0.29) is 11.5 Å². The summed E-state index contributed by atoms with van der Waals surface area (Å²) in [5.74, 6) is -0.167. The molecule has 3 aliphatic heterocycles. The van der Waals surface area contributed by atoms with E-state index in [0.717, 1.165) is 72.3 Å². The number of carbonyl (C=O) groups is 1. The van der Waals surface area contributed by atoms with Crippen molar-refractivity contribution in [2.24, 2.45) is 0 Å². The summed E-state index contributed by atoms with van der Waals surface area (Å²) < 4.78 is 0. The molecule has 2 unspecified atom stereocenters. The molecule has 3 fully saturated rings. The summed E-state index contributed by atoms with van der Waals surface area (Å²) in [6, 6.07) is 6.85. The predicted octanol–water partition coefficient (Wildman–Crippen LogP) is 1.63. The van der Waals surface area contributed by atoms with Crippen molar-refractivity contribution in [1.82, 2.24) is 25.2 Å². The number of fused-ring (bicyclic) bond motifs is 5. The maximum Gasteiger partial charge on any atom is 0.269 e. The van der Waals surface area contributed by atoms with Crippen LogP contribution in [0.2, 0.25) is 0 Å². The van der Waals surface area contributed by atoms with Gasteiger partial charge in [-0.05, 0) is 55.0 Å². The zero-order valence-corrected chi connectivity index (χ0v) is 18.1. The number of hydrogen-bond donors (Lipinski definition) is 2. The van der Waals surface area contributed by atoms with Crippen LogP contribution in [0.15, 0.2) is 35.4 Å². The van der Waals surface area contributed by atoms with Gasteiger partial charge in [-0.3, -0.25) is 19.5 Å². The largest absolute Gasteiger partial charge is 0.367 e.